The molecule has 0 aromatic heterocycles. The maximum absolute atomic E-state index is 11.8. The van der Waals surface area contributed by atoms with Crippen LogP contribution in [0.1, 0.15) is 130 Å². The van der Waals surface area contributed by atoms with E-state index in [9.17, 15) is 9.46 Å². The normalized spacial score (nSPS) is 12.8. The van der Waals surface area contributed by atoms with E-state index in [4.69, 9.17) is 39.7 Å². The minimum atomic E-state index is -3.90. The largest absolute Gasteiger partial charge is 0.472 e. The zero-order chi connectivity index (χ0) is 28.8. The van der Waals surface area contributed by atoms with Crippen molar-refractivity contribution in [2.45, 2.75) is 142 Å². The molecule has 0 aliphatic rings. The summed E-state index contributed by atoms with van der Waals surface area (Å²) >= 11 is 0. The second-order valence-corrected chi connectivity index (χ2v) is 12.2. The summed E-state index contributed by atoms with van der Waals surface area (Å²) in [5.74, 6) is -6.17. The van der Waals surface area contributed by atoms with Crippen molar-refractivity contribution in [1.82, 2.24) is 0 Å². The standard InChI is InChI=1S/C24H51O4P.C2H6O6/c1-23(2)19-15-11-7-5-9-13-17-21-27-29(25,26)28-22-18-14-10-6-8-12-16-20-24(3)4;3-1(4,5)2(6,7)8/h23-24H,5-22H2,1-4H3,(H,25,26);3-8H. The molecule has 0 rings (SSSR count). The highest BCUT2D eigenvalue weighted by Gasteiger charge is 2.44. The molecule has 0 radical (unpaired) electrons. The molecular weight excluding hydrogens is 503 g/mol. The smallest absolute Gasteiger partial charge is 0.337 e. The molecule has 0 aliphatic carbocycles. The molecule has 11 heteroatoms. The van der Waals surface area contributed by atoms with E-state index in [1.54, 1.807) is 0 Å². The first-order valence-corrected chi connectivity index (χ1v) is 15.5. The molecular formula is C26H57O10P. The Morgan fingerprint density at radius 3 is 1.00 bits per heavy atom. The molecule has 0 heterocycles. The predicted molar refractivity (Wildman–Crippen MR) is 144 cm³/mol. The van der Waals surface area contributed by atoms with Crippen molar-refractivity contribution in [1.29, 1.82) is 0 Å². The summed E-state index contributed by atoms with van der Waals surface area (Å²) in [5, 5.41) is 46.3. The lowest BCUT2D eigenvalue weighted by molar-refractivity contribution is -0.512. The molecule has 7 N–H and O–H groups in total. The Morgan fingerprint density at radius 2 is 0.757 bits per heavy atom. The topological polar surface area (TPSA) is 177 Å². The van der Waals surface area contributed by atoms with Gasteiger partial charge in [-0.05, 0) is 24.7 Å². The first kappa shape index (κ1) is 39.0. The minimum absolute atomic E-state index is 0.317. The van der Waals surface area contributed by atoms with Gasteiger partial charge in [-0.25, -0.2) is 4.57 Å². The quantitative estimate of drug-likeness (QED) is 0.0515. The van der Waals surface area contributed by atoms with Crippen molar-refractivity contribution in [2.75, 3.05) is 13.2 Å². The van der Waals surface area contributed by atoms with Crippen LogP contribution in [0.5, 0.6) is 0 Å². The van der Waals surface area contributed by atoms with Crippen LogP contribution in [0.4, 0.5) is 0 Å². The molecule has 0 spiro atoms. The molecule has 0 saturated heterocycles. The maximum atomic E-state index is 11.8. The Kier molecular flexibility index (Phi) is 23.9. The van der Waals surface area contributed by atoms with Gasteiger partial charge < -0.3 is 35.5 Å². The van der Waals surface area contributed by atoms with Crippen LogP contribution in [0.3, 0.4) is 0 Å². The SMILES string of the molecule is CC(C)CCCCCCCCCOP(=O)(O)OCCCCCCCCCC(C)C.OC(O)(O)C(O)(O)O. The van der Waals surface area contributed by atoms with Crippen molar-refractivity contribution in [3.63, 3.8) is 0 Å². The number of aliphatic hydroxyl groups is 6. The highest BCUT2D eigenvalue weighted by atomic mass is 31.2. The number of phosphoric acid groups is 1. The number of unbranched alkanes of at least 4 members (excludes halogenated alkanes) is 12. The van der Waals surface area contributed by atoms with Gasteiger partial charge in [-0.1, -0.05) is 118 Å². The molecule has 10 nitrogen and oxygen atoms in total. The third-order valence-corrected chi connectivity index (χ3v) is 6.83. The fourth-order valence-electron chi connectivity index (χ4n) is 3.47. The van der Waals surface area contributed by atoms with Gasteiger partial charge in [0.25, 0.3) is 0 Å². The summed E-state index contributed by atoms with van der Waals surface area (Å²) in [4.78, 5) is 9.71. The summed E-state index contributed by atoms with van der Waals surface area (Å²) < 4.78 is 22.0. The highest BCUT2D eigenvalue weighted by Crippen LogP contribution is 2.43. The summed E-state index contributed by atoms with van der Waals surface area (Å²) in [6, 6.07) is 0. The fraction of sp³-hybridized carbons (Fsp3) is 1.00. The zero-order valence-corrected chi connectivity index (χ0v) is 24.6. The van der Waals surface area contributed by atoms with Crippen LogP contribution in [0.2, 0.25) is 0 Å². The summed E-state index contributed by atoms with van der Waals surface area (Å²) in [6.07, 6.45) is 19.2. The molecule has 37 heavy (non-hydrogen) atoms. The number of rotatable bonds is 23. The number of hydrogen-bond donors (Lipinski definition) is 7. The van der Waals surface area contributed by atoms with Gasteiger partial charge in [-0.15, -0.1) is 0 Å². The number of hydrogen-bond acceptors (Lipinski definition) is 9. The molecule has 0 unspecified atom stereocenters. The van der Waals surface area contributed by atoms with Gasteiger partial charge >= 0.3 is 19.8 Å². The van der Waals surface area contributed by atoms with Crippen molar-refractivity contribution in [3.05, 3.63) is 0 Å². The van der Waals surface area contributed by atoms with Crippen LogP contribution in [-0.4, -0.2) is 60.7 Å². The summed E-state index contributed by atoms with van der Waals surface area (Å²) in [6.45, 7) is 9.75. The summed E-state index contributed by atoms with van der Waals surface area (Å²) in [5.41, 5.74) is 0. The van der Waals surface area contributed by atoms with Crippen molar-refractivity contribution in [2.24, 2.45) is 11.8 Å². The average molecular weight is 561 g/mol. The van der Waals surface area contributed by atoms with E-state index in [1.807, 2.05) is 0 Å². The van der Waals surface area contributed by atoms with E-state index in [0.717, 1.165) is 37.5 Å². The van der Waals surface area contributed by atoms with Gasteiger partial charge in [-0.3, -0.25) is 9.05 Å². The van der Waals surface area contributed by atoms with E-state index in [0.29, 0.717) is 13.2 Å². The average Bonchev–Trinajstić information content (AvgIpc) is 2.75. The van der Waals surface area contributed by atoms with Crippen LogP contribution >= 0.6 is 7.82 Å². The van der Waals surface area contributed by atoms with Crippen molar-refractivity contribution < 1.29 is 49.1 Å². The van der Waals surface area contributed by atoms with E-state index in [1.165, 1.54) is 77.0 Å². The molecule has 0 atom stereocenters. The molecule has 0 bridgehead atoms. The van der Waals surface area contributed by atoms with Crippen LogP contribution < -0.4 is 0 Å². The first-order valence-electron chi connectivity index (χ1n) is 14.0. The van der Waals surface area contributed by atoms with Gasteiger partial charge in [0, 0.05) is 0 Å². The number of phosphoric ester groups is 1. The Bertz CT molecular complexity index is 500. The second kappa shape index (κ2) is 22.7. The molecule has 226 valence electrons. The third kappa shape index (κ3) is 30.3. The molecule has 0 amide bonds. The Morgan fingerprint density at radius 1 is 0.514 bits per heavy atom. The lowest BCUT2D eigenvalue weighted by atomic mass is 10.0. The first-order chi connectivity index (χ1) is 17.1. The minimum Gasteiger partial charge on any atom is -0.337 e. The molecule has 0 aromatic carbocycles. The molecule has 0 aromatic rings. The van der Waals surface area contributed by atoms with E-state index in [2.05, 4.69) is 27.7 Å². The van der Waals surface area contributed by atoms with Crippen LogP contribution in [0.25, 0.3) is 0 Å². The van der Waals surface area contributed by atoms with E-state index >= 15 is 0 Å². The fourth-order valence-corrected chi connectivity index (χ4v) is 4.27. The maximum Gasteiger partial charge on any atom is 0.472 e. The lowest BCUT2D eigenvalue weighted by Gasteiger charge is -2.23. The second-order valence-electron chi connectivity index (χ2n) is 10.7. The Labute approximate surface area is 224 Å². The van der Waals surface area contributed by atoms with Gasteiger partial charge in [0.05, 0.1) is 13.2 Å². The predicted octanol–water partition coefficient (Wildman–Crippen LogP) is 4.92. The molecule has 0 saturated carbocycles. The van der Waals surface area contributed by atoms with Gasteiger partial charge in [0.1, 0.15) is 0 Å². The van der Waals surface area contributed by atoms with Gasteiger partial charge in [0.15, 0.2) is 0 Å². The van der Waals surface area contributed by atoms with E-state index in [-0.39, 0.29) is 0 Å². The van der Waals surface area contributed by atoms with Crippen LogP contribution in [-0.2, 0) is 13.6 Å². The van der Waals surface area contributed by atoms with Gasteiger partial charge in [-0.2, -0.15) is 0 Å². The molecule has 0 fully saturated rings. The van der Waals surface area contributed by atoms with Crippen LogP contribution in [0.15, 0.2) is 0 Å². The highest BCUT2D eigenvalue weighted by molar-refractivity contribution is 7.47. The third-order valence-electron chi connectivity index (χ3n) is 5.81. The Balaban J connectivity index is 0. The Hall–Kier alpha value is -0.130. The lowest BCUT2D eigenvalue weighted by Crippen LogP contribution is -2.54. The summed E-state index contributed by atoms with van der Waals surface area (Å²) in [7, 11) is -3.85. The molecule has 0 aliphatic heterocycles. The van der Waals surface area contributed by atoms with Crippen LogP contribution in [0, 0.1) is 11.8 Å². The van der Waals surface area contributed by atoms with Crippen molar-refractivity contribution >= 4 is 7.82 Å². The monoisotopic (exact) mass is 560 g/mol. The van der Waals surface area contributed by atoms with Crippen molar-refractivity contribution in [3.8, 4) is 0 Å². The zero-order valence-electron chi connectivity index (χ0n) is 23.7. The van der Waals surface area contributed by atoms with Gasteiger partial charge in [0.2, 0.25) is 0 Å². The van der Waals surface area contributed by atoms with E-state index < -0.39 is 19.8 Å².